The van der Waals surface area contributed by atoms with Crippen LogP contribution in [-0.2, 0) is 0 Å². The zero-order valence-corrected chi connectivity index (χ0v) is 11.9. The van der Waals surface area contributed by atoms with E-state index in [9.17, 15) is 18.0 Å². The summed E-state index contributed by atoms with van der Waals surface area (Å²) in [5, 5.41) is 0. The van der Waals surface area contributed by atoms with Gasteiger partial charge < -0.3 is 9.64 Å². The number of carbonyl (C=O) groups is 1. The number of hydrogen-bond donors (Lipinski definition) is 0. The van der Waals surface area contributed by atoms with E-state index in [1.807, 2.05) is 13.8 Å². The van der Waals surface area contributed by atoms with Crippen molar-refractivity contribution in [1.29, 1.82) is 0 Å². The average molecular weight is 302 g/mol. The molecule has 0 N–H and O–H groups in total. The standard InChI is InChI=1S/C14H17F3N2O2/c1-4-19(8-10(2)3)13(20)11-5-6-12(18-7-11)21-9-14(15,16)17/h5-7H,2,4,8-9H2,1,3H3. The van der Waals surface area contributed by atoms with Crippen LogP contribution in [0.1, 0.15) is 24.2 Å². The number of hydrogen-bond acceptors (Lipinski definition) is 3. The second-order valence-corrected chi connectivity index (χ2v) is 4.57. The molecule has 1 amide bonds. The fraction of sp³-hybridized carbons (Fsp3) is 0.429. The van der Waals surface area contributed by atoms with Gasteiger partial charge in [0.2, 0.25) is 5.88 Å². The minimum Gasteiger partial charge on any atom is -0.468 e. The molecule has 21 heavy (non-hydrogen) atoms. The van der Waals surface area contributed by atoms with Crippen LogP contribution in [0.3, 0.4) is 0 Å². The monoisotopic (exact) mass is 302 g/mol. The van der Waals surface area contributed by atoms with E-state index in [0.717, 1.165) is 5.57 Å². The van der Waals surface area contributed by atoms with E-state index in [2.05, 4.69) is 16.3 Å². The lowest BCUT2D eigenvalue weighted by Gasteiger charge is -2.20. The molecule has 0 spiro atoms. The molecule has 0 aliphatic rings. The summed E-state index contributed by atoms with van der Waals surface area (Å²) in [4.78, 5) is 17.4. The number of alkyl halides is 3. The number of amides is 1. The van der Waals surface area contributed by atoms with Gasteiger partial charge in [0, 0.05) is 25.4 Å². The van der Waals surface area contributed by atoms with Crippen LogP contribution in [0.4, 0.5) is 13.2 Å². The first-order chi connectivity index (χ1) is 9.73. The molecule has 0 radical (unpaired) electrons. The summed E-state index contributed by atoms with van der Waals surface area (Å²) in [6.45, 7) is 6.88. The molecule has 0 unspecified atom stereocenters. The maximum Gasteiger partial charge on any atom is 0.422 e. The van der Waals surface area contributed by atoms with Crippen molar-refractivity contribution in [2.75, 3.05) is 19.7 Å². The summed E-state index contributed by atoms with van der Waals surface area (Å²) >= 11 is 0. The smallest absolute Gasteiger partial charge is 0.422 e. The van der Waals surface area contributed by atoms with Crippen molar-refractivity contribution in [2.24, 2.45) is 0 Å². The van der Waals surface area contributed by atoms with Crippen molar-refractivity contribution < 1.29 is 22.7 Å². The van der Waals surface area contributed by atoms with E-state index in [-0.39, 0.29) is 17.4 Å². The summed E-state index contributed by atoms with van der Waals surface area (Å²) in [6.07, 6.45) is -3.22. The first-order valence-corrected chi connectivity index (χ1v) is 6.32. The highest BCUT2D eigenvalue weighted by Crippen LogP contribution is 2.17. The van der Waals surface area contributed by atoms with E-state index < -0.39 is 12.8 Å². The molecule has 116 valence electrons. The molecule has 0 atom stereocenters. The van der Waals surface area contributed by atoms with E-state index >= 15 is 0 Å². The van der Waals surface area contributed by atoms with E-state index in [1.165, 1.54) is 18.3 Å². The Hall–Kier alpha value is -2.05. The molecule has 0 fully saturated rings. The SMILES string of the molecule is C=C(C)CN(CC)C(=O)c1ccc(OCC(F)(F)F)nc1. The molecule has 1 aromatic heterocycles. The van der Waals surface area contributed by atoms with Gasteiger partial charge in [-0.05, 0) is 19.9 Å². The molecule has 0 aromatic carbocycles. The van der Waals surface area contributed by atoms with Crippen molar-refractivity contribution in [3.05, 3.63) is 36.0 Å². The number of carbonyl (C=O) groups excluding carboxylic acids is 1. The number of nitrogens with zero attached hydrogens (tertiary/aromatic N) is 2. The Kier molecular flexibility index (Phi) is 5.75. The Morgan fingerprint density at radius 3 is 2.52 bits per heavy atom. The van der Waals surface area contributed by atoms with E-state index in [4.69, 9.17) is 0 Å². The number of rotatable bonds is 6. The third-order valence-electron chi connectivity index (χ3n) is 2.50. The van der Waals surface area contributed by atoms with E-state index in [1.54, 1.807) is 4.90 Å². The quantitative estimate of drug-likeness (QED) is 0.758. The van der Waals surface area contributed by atoms with Crippen molar-refractivity contribution in [3.63, 3.8) is 0 Å². The van der Waals surface area contributed by atoms with Crippen LogP contribution in [0, 0.1) is 0 Å². The molecule has 1 heterocycles. The highest BCUT2D eigenvalue weighted by atomic mass is 19.4. The molecule has 0 saturated carbocycles. The summed E-state index contributed by atoms with van der Waals surface area (Å²) < 4.78 is 40.5. The van der Waals surface area contributed by atoms with Crippen LogP contribution < -0.4 is 4.74 Å². The zero-order chi connectivity index (χ0) is 16.0. The van der Waals surface area contributed by atoms with Crippen LogP contribution in [0.2, 0.25) is 0 Å². The lowest BCUT2D eigenvalue weighted by Crippen LogP contribution is -2.32. The predicted octanol–water partition coefficient (Wildman–Crippen LogP) is 3.06. The van der Waals surface area contributed by atoms with E-state index in [0.29, 0.717) is 13.1 Å². The molecular formula is C14H17F3N2O2. The number of pyridine rings is 1. The first-order valence-electron chi connectivity index (χ1n) is 6.32. The third kappa shape index (κ3) is 5.85. The minimum absolute atomic E-state index is 0.174. The van der Waals surface area contributed by atoms with Gasteiger partial charge in [-0.1, -0.05) is 12.2 Å². The minimum atomic E-state index is -4.42. The Bertz CT molecular complexity index is 498. The Morgan fingerprint density at radius 2 is 2.10 bits per heavy atom. The topological polar surface area (TPSA) is 42.4 Å². The molecule has 1 rings (SSSR count). The average Bonchev–Trinajstić information content (AvgIpc) is 2.41. The van der Waals surface area contributed by atoms with Crippen molar-refractivity contribution in [1.82, 2.24) is 9.88 Å². The largest absolute Gasteiger partial charge is 0.468 e. The highest BCUT2D eigenvalue weighted by Gasteiger charge is 2.28. The van der Waals surface area contributed by atoms with Crippen molar-refractivity contribution in [2.45, 2.75) is 20.0 Å². The van der Waals surface area contributed by atoms with Gasteiger partial charge in [-0.2, -0.15) is 13.2 Å². The third-order valence-corrected chi connectivity index (χ3v) is 2.50. The highest BCUT2D eigenvalue weighted by molar-refractivity contribution is 5.94. The summed E-state index contributed by atoms with van der Waals surface area (Å²) in [6, 6.07) is 2.63. The predicted molar refractivity (Wildman–Crippen MR) is 72.2 cm³/mol. The van der Waals surface area contributed by atoms with Gasteiger partial charge in [-0.3, -0.25) is 4.79 Å². The fourth-order valence-electron chi connectivity index (χ4n) is 1.58. The van der Waals surface area contributed by atoms with Crippen LogP contribution in [0.5, 0.6) is 5.88 Å². The second-order valence-electron chi connectivity index (χ2n) is 4.57. The van der Waals surface area contributed by atoms with Crippen LogP contribution in [-0.4, -0.2) is 41.7 Å². The molecule has 0 bridgehead atoms. The summed E-state index contributed by atoms with van der Waals surface area (Å²) in [5.74, 6) is -0.429. The van der Waals surface area contributed by atoms with Gasteiger partial charge in [0.15, 0.2) is 6.61 Å². The van der Waals surface area contributed by atoms with Crippen LogP contribution >= 0.6 is 0 Å². The molecule has 0 aliphatic heterocycles. The molecular weight excluding hydrogens is 285 g/mol. The summed E-state index contributed by atoms with van der Waals surface area (Å²) in [5.41, 5.74) is 1.13. The van der Waals surface area contributed by atoms with Gasteiger partial charge in [0.05, 0.1) is 5.56 Å². The van der Waals surface area contributed by atoms with Crippen LogP contribution in [0.25, 0.3) is 0 Å². The van der Waals surface area contributed by atoms with Crippen molar-refractivity contribution >= 4 is 5.91 Å². The Balaban J connectivity index is 2.72. The lowest BCUT2D eigenvalue weighted by atomic mass is 10.2. The van der Waals surface area contributed by atoms with Crippen LogP contribution in [0.15, 0.2) is 30.5 Å². The molecule has 0 aliphatic carbocycles. The maximum atomic E-state index is 12.2. The number of likely N-dealkylation sites (N-methyl/N-ethyl adjacent to an activating group) is 1. The first kappa shape index (κ1) is 17.0. The molecule has 0 saturated heterocycles. The molecule has 7 heteroatoms. The van der Waals surface area contributed by atoms with Gasteiger partial charge in [-0.25, -0.2) is 4.98 Å². The number of aromatic nitrogens is 1. The number of ether oxygens (including phenoxy) is 1. The van der Waals surface area contributed by atoms with Gasteiger partial charge in [0.1, 0.15) is 0 Å². The second kappa shape index (κ2) is 7.10. The molecule has 4 nitrogen and oxygen atoms in total. The van der Waals surface area contributed by atoms with Gasteiger partial charge in [-0.15, -0.1) is 0 Å². The maximum absolute atomic E-state index is 12.2. The Labute approximate surface area is 121 Å². The molecule has 1 aromatic rings. The normalized spacial score (nSPS) is 11.1. The zero-order valence-electron chi connectivity index (χ0n) is 11.9. The summed E-state index contributed by atoms with van der Waals surface area (Å²) in [7, 11) is 0. The Morgan fingerprint density at radius 1 is 1.43 bits per heavy atom. The van der Waals surface area contributed by atoms with Crippen molar-refractivity contribution in [3.8, 4) is 5.88 Å². The lowest BCUT2D eigenvalue weighted by molar-refractivity contribution is -0.154. The van der Waals surface area contributed by atoms with Gasteiger partial charge >= 0.3 is 6.18 Å². The van der Waals surface area contributed by atoms with Gasteiger partial charge in [0.25, 0.3) is 5.91 Å². The number of halogens is 3. The fourth-order valence-corrected chi connectivity index (χ4v) is 1.58.